The predicted molar refractivity (Wildman–Crippen MR) is 72.1 cm³/mol. The molecule has 6 heteroatoms. The van der Waals surface area contributed by atoms with E-state index in [9.17, 15) is 10.1 Å². The molecule has 1 rings (SSSR count). The molecule has 0 saturated carbocycles. The molecule has 1 aromatic carbocycles. The van der Waals surface area contributed by atoms with Gasteiger partial charge in [-0.15, -0.1) is 0 Å². The lowest BCUT2D eigenvalue weighted by Gasteiger charge is -2.21. The quantitative estimate of drug-likeness (QED) is 0.503. The van der Waals surface area contributed by atoms with E-state index in [1.165, 1.54) is 12.1 Å². The van der Waals surface area contributed by atoms with Gasteiger partial charge in [0.05, 0.1) is 18.1 Å². The van der Waals surface area contributed by atoms with Crippen LogP contribution in [0.25, 0.3) is 0 Å². The van der Waals surface area contributed by atoms with E-state index in [0.29, 0.717) is 13.2 Å². The van der Waals surface area contributed by atoms with Gasteiger partial charge in [0.15, 0.2) is 0 Å². The lowest BCUT2D eigenvalue weighted by molar-refractivity contribution is -0.384. The van der Waals surface area contributed by atoms with E-state index in [1.54, 1.807) is 26.4 Å². The zero-order valence-corrected chi connectivity index (χ0v) is 11.4. The van der Waals surface area contributed by atoms with Gasteiger partial charge in [0.2, 0.25) is 0 Å². The summed E-state index contributed by atoms with van der Waals surface area (Å²) in [7, 11) is 3.33. The van der Waals surface area contributed by atoms with Crippen LogP contribution in [0.2, 0.25) is 0 Å². The Morgan fingerprint density at radius 1 is 1.11 bits per heavy atom. The van der Waals surface area contributed by atoms with Gasteiger partial charge in [-0.2, -0.15) is 0 Å². The SMILES string of the molecule is COCCN(CCOC)Cc1ccc([N+](=O)[O-])cc1. The van der Waals surface area contributed by atoms with Crippen LogP contribution < -0.4 is 0 Å². The van der Waals surface area contributed by atoms with Crippen LogP contribution in [0, 0.1) is 10.1 Å². The molecule has 0 aliphatic carbocycles. The number of nitro benzene ring substituents is 1. The van der Waals surface area contributed by atoms with Crippen LogP contribution in [0.5, 0.6) is 0 Å². The highest BCUT2D eigenvalue weighted by Gasteiger charge is 2.08. The van der Waals surface area contributed by atoms with Crippen LogP contribution in [0.3, 0.4) is 0 Å². The van der Waals surface area contributed by atoms with E-state index in [-0.39, 0.29) is 5.69 Å². The van der Waals surface area contributed by atoms with Gasteiger partial charge in [-0.1, -0.05) is 12.1 Å². The van der Waals surface area contributed by atoms with E-state index in [0.717, 1.165) is 25.2 Å². The summed E-state index contributed by atoms with van der Waals surface area (Å²) in [6, 6.07) is 6.62. The third-order valence-electron chi connectivity index (χ3n) is 2.78. The van der Waals surface area contributed by atoms with Crippen LogP contribution in [0.4, 0.5) is 5.69 Å². The third-order valence-corrected chi connectivity index (χ3v) is 2.78. The molecule has 0 bridgehead atoms. The van der Waals surface area contributed by atoms with Crippen LogP contribution in [-0.2, 0) is 16.0 Å². The number of nitrogens with zero attached hydrogens (tertiary/aromatic N) is 2. The first kappa shape index (κ1) is 15.6. The van der Waals surface area contributed by atoms with Gasteiger partial charge >= 0.3 is 0 Å². The van der Waals surface area contributed by atoms with Crippen molar-refractivity contribution in [2.75, 3.05) is 40.5 Å². The number of non-ortho nitro benzene ring substituents is 1. The number of ether oxygens (including phenoxy) is 2. The Kier molecular flexibility index (Phi) is 7.02. The molecule has 1 aromatic rings. The topological polar surface area (TPSA) is 64.8 Å². The minimum atomic E-state index is -0.391. The molecule has 19 heavy (non-hydrogen) atoms. The van der Waals surface area contributed by atoms with Gasteiger partial charge in [0.25, 0.3) is 5.69 Å². The Labute approximate surface area is 113 Å². The third kappa shape index (κ3) is 5.78. The molecule has 0 radical (unpaired) electrons. The van der Waals surface area contributed by atoms with Crippen LogP contribution in [-0.4, -0.2) is 50.3 Å². The molecule has 0 aliphatic heterocycles. The van der Waals surface area contributed by atoms with Crippen LogP contribution in [0.1, 0.15) is 5.56 Å². The number of hydrogen-bond donors (Lipinski definition) is 0. The first-order valence-electron chi connectivity index (χ1n) is 6.11. The number of nitro groups is 1. The molecule has 0 spiro atoms. The minimum absolute atomic E-state index is 0.115. The van der Waals surface area contributed by atoms with E-state index in [1.807, 2.05) is 0 Å². The summed E-state index contributed by atoms with van der Waals surface area (Å²) in [6.45, 7) is 3.63. The van der Waals surface area contributed by atoms with Crippen molar-refractivity contribution in [1.82, 2.24) is 4.90 Å². The molecule has 0 N–H and O–H groups in total. The molecule has 0 amide bonds. The van der Waals surface area contributed by atoms with Crippen molar-refractivity contribution < 1.29 is 14.4 Å². The Hall–Kier alpha value is -1.50. The van der Waals surface area contributed by atoms with E-state index in [4.69, 9.17) is 9.47 Å². The van der Waals surface area contributed by atoms with Gasteiger partial charge < -0.3 is 9.47 Å². The molecule has 0 aromatic heterocycles. The zero-order chi connectivity index (χ0) is 14.1. The Balaban J connectivity index is 2.58. The Bertz CT molecular complexity index is 373. The maximum absolute atomic E-state index is 10.6. The Morgan fingerprint density at radius 3 is 2.05 bits per heavy atom. The molecule has 0 heterocycles. The molecular formula is C13H20N2O4. The van der Waals surface area contributed by atoms with E-state index >= 15 is 0 Å². The molecule has 106 valence electrons. The fraction of sp³-hybridized carbons (Fsp3) is 0.538. The molecule has 0 saturated heterocycles. The highest BCUT2D eigenvalue weighted by molar-refractivity contribution is 5.32. The molecule has 0 fully saturated rings. The molecular weight excluding hydrogens is 248 g/mol. The lowest BCUT2D eigenvalue weighted by Crippen LogP contribution is -2.30. The summed E-state index contributed by atoms with van der Waals surface area (Å²) in [5, 5.41) is 10.6. The van der Waals surface area contributed by atoms with Gasteiger partial charge in [0, 0.05) is 46.0 Å². The van der Waals surface area contributed by atoms with Crippen molar-refractivity contribution in [2.45, 2.75) is 6.54 Å². The normalized spacial score (nSPS) is 10.9. The standard InChI is InChI=1S/C13H20N2O4/c1-18-9-7-14(8-10-19-2)11-12-3-5-13(6-4-12)15(16)17/h3-6H,7-11H2,1-2H3. The molecule has 6 nitrogen and oxygen atoms in total. The fourth-order valence-corrected chi connectivity index (χ4v) is 1.69. The highest BCUT2D eigenvalue weighted by Crippen LogP contribution is 2.13. The predicted octanol–water partition coefficient (Wildman–Crippen LogP) is 1.69. The maximum Gasteiger partial charge on any atom is 0.269 e. The number of hydrogen-bond acceptors (Lipinski definition) is 5. The monoisotopic (exact) mass is 268 g/mol. The van der Waals surface area contributed by atoms with Gasteiger partial charge in [-0.05, 0) is 5.56 Å². The smallest absolute Gasteiger partial charge is 0.269 e. The fourth-order valence-electron chi connectivity index (χ4n) is 1.69. The van der Waals surface area contributed by atoms with Crippen molar-refractivity contribution in [1.29, 1.82) is 0 Å². The maximum atomic E-state index is 10.6. The first-order chi connectivity index (χ1) is 9.17. The number of benzene rings is 1. The van der Waals surface area contributed by atoms with Crippen molar-refractivity contribution in [2.24, 2.45) is 0 Å². The van der Waals surface area contributed by atoms with E-state index < -0.39 is 4.92 Å². The second kappa shape index (κ2) is 8.58. The van der Waals surface area contributed by atoms with Gasteiger partial charge in [-0.25, -0.2) is 0 Å². The summed E-state index contributed by atoms with van der Waals surface area (Å²) in [4.78, 5) is 12.4. The molecule has 0 atom stereocenters. The van der Waals surface area contributed by atoms with Crippen molar-refractivity contribution in [3.63, 3.8) is 0 Å². The van der Waals surface area contributed by atoms with Crippen LogP contribution >= 0.6 is 0 Å². The summed E-state index contributed by atoms with van der Waals surface area (Å²) in [5.41, 5.74) is 1.15. The average Bonchev–Trinajstić information content (AvgIpc) is 2.42. The summed E-state index contributed by atoms with van der Waals surface area (Å²) in [5.74, 6) is 0. The summed E-state index contributed by atoms with van der Waals surface area (Å²) in [6.07, 6.45) is 0. The molecule has 0 aliphatic rings. The van der Waals surface area contributed by atoms with Gasteiger partial charge in [-0.3, -0.25) is 15.0 Å². The summed E-state index contributed by atoms with van der Waals surface area (Å²) < 4.78 is 10.1. The van der Waals surface area contributed by atoms with Crippen molar-refractivity contribution in [3.8, 4) is 0 Å². The second-order valence-electron chi connectivity index (χ2n) is 4.19. The van der Waals surface area contributed by atoms with Crippen molar-refractivity contribution >= 4 is 5.69 Å². The van der Waals surface area contributed by atoms with Crippen LogP contribution in [0.15, 0.2) is 24.3 Å². The highest BCUT2D eigenvalue weighted by atomic mass is 16.6. The minimum Gasteiger partial charge on any atom is -0.383 e. The molecule has 0 unspecified atom stereocenters. The van der Waals surface area contributed by atoms with Gasteiger partial charge in [0.1, 0.15) is 0 Å². The first-order valence-corrected chi connectivity index (χ1v) is 6.11. The van der Waals surface area contributed by atoms with E-state index in [2.05, 4.69) is 4.90 Å². The lowest BCUT2D eigenvalue weighted by atomic mass is 10.2. The summed E-state index contributed by atoms with van der Waals surface area (Å²) >= 11 is 0. The Morgan fingerprint density at radius 2 is 1.63 bits per heavy atom. The average molecular weight is 268 g/mol. The largest absolute Gasteiger partial charge is 0.383 e. The second-order valence-corrected chi connectivity index (χ2v) is 4.19. The van der Waals surface area contributed by atoms with Crippen molar-refractivity contribution in [3.05, 3.63) is 39.9 Å². The number of rotatable bonds is 9. The zero-order valence-electron chi connectivity index (χ0n) is 11.4. The number of methoxy groups -OCH3 is 2.